The predicted octanol–water partition coefficient (Wildman–Crippen LogP) is 5.11. The molecular formula is C22H20Cl2N6O. The van der Waals surface area contributed by atoms with E-state index in [4.69, 9.17) is 23.2 Å². The molecule has 2 amide bonds. The maximum atomic E-state index is 12.2. The van der Waals surface area contributed by atoms with Crippen molar-refractivity contribution >= 4 is 46.4 Å². The number of halogens is 2. The van der Waals surface area contributed by atoms with Crippen molar-refractivity contribution in [2.24, 2.45) is 0 Å². The number of hydrogen-bond acceptors (Lipinski definition) is 4. The first-order valence-electron chi connectivity index (χ1n) is 9.65. The van der Waals surface area contributed by atoms with Crippen LogP contribution in [0.25, 0.3) is 16.9 Å². The molecule has 4 aromatic rings. The molecule has 7 nitrogen and oxygen atoms in total. The second-order valence-electron chi connectivity index (χ2n) is 6.77. The van der Waals surface area contributed by atoms with E-state index in [1.807, 2.05) is 41.9 Å². The second kappa shape index (κ2) is 9.24. The van der Waals surface area contributed by atoms with E-state index in [0.717, 1.165) is 22.5 Å². The van der Waals surface area contributed by atoms with Crippen molar-refractivity contribution in [2.45, 2.75) is 6.42 Å². The minimum atomic E-state index is -0.296. The molecule has 0 bridgehead atoms. The molecule has 0 radical (unpaired) electrons. The Morgan fingerprint density at radius 2 is 1.81 bits per heavy atom. The number of rotatable bonds is 6. The largest absolute Gasteiger partial charge is 0.370 e. The van der Waals surface area contributed by atoms with Gasteiger partial charge < -0.3 is 16.0 Å². The highest BCUT2D eigenvalue weighted by molar-refractivity contribution is 6.36. The average molecular weight is 455 g/mol. The van der Waals surface area contributed by atoms with Crippen molar-refractivity contribution in [3.05, 3.63) is 76.7 Å². The van der Waals surface area contributed by atoms with E-state index >= 15 is 0 Å². The molecule has 2 heterocycles. The first kappa shape index (κ1) is 21.0. The van der Waals surface area contributed by atoms with Gasteiger partial charge >= 0.3 is 6.03 Å². The van der Waals surface area contributed by atoms with Crippen LogP contribution < -0.4 is 16.0 Å². The molecule has 2 aromatic heterocycles. The van der Waals surface area contributed by atoms with Gasteiger partial charge in [-0.1, -0.05) is 41.4 Å². The lowest BCUT2D eigenvalue weighted by Crippen LogP contribution is -2.30. The van der Waals surface area contributed by atoms with Gasteiger partial charge in [0.1, 0.15) is 0 Å². The topological polar surface area (TPSA) is 83.3 Å². The zero-order valence-electron chi connectivity index (χ0n) is 16.7. The highest BCUT2D eigenvalue weighted by Gasteiger charge is 2.10. The van der Waals surface area contributed by atoms with Crippen molar-refractivity contribution in [2.75, 3.05) is 24.2 Å². The highest BCUT2D eigenvalue weighted by Crippen LogP contribution is 2.25. The fourth-order valence-electron chi connectivity index (χ4n) is 3.28. The summed E-state index contributed by atoms with van der Waals surface area (Å²) in [6.07, 6.45) is 5.93. The van der Waals surface area contributed by atoms with Gasteiger partial charge in [0.05, 0.1) is 11.9 Å². The fourth-order valence-corrected chi connectivity index (χ4v) is 3.87. The summed E-state index contributed by atoms with van der Waals surface area (Å²) in [5.74, 6) is 0.710. The Labute approximate surface area is 189 Å². The number of carbonyl (C=O) groups is 1. The number of fused-ring (bicyclic) bond motifs is 1. The van der Waals surface area contributed by atoms with Crippen LogP contribution in [0.2, 0.25) is 10.0 Å². The van der Waals surface area contributed by atoms with Crippen molar-refractivity contribution in [1.29, 1.82) is 0 Å². The molecule has 0 spiro atoms. The third-order valence-corrected chi connectivity index (χ3v) is 5.53. The van der Waals surface area contributed by atoms with Crippen LogP contribution in [0.4, 0.5) is 16.3 Å². The third kappa shape index (κ3) is 4.57. The van der Waals surface area contributed by atoms with Gasteiger partial charge in [-0.25, -0.2) is 14.8 Å². The minimum absolute atomic E-state index is 0.296. The number of benzene rings is 2. The van der Waals surface area contributed by atoms with Gasteiger partial charge in [-0.05, 0) is 36.2 Å². The summed E-state index contributed by atoms with van der Waals surface area (Å²) in [6, 6.07) is 12.6. The van der Waals surface area contributed by atoms with Crippen LogP contribution in [0.5, 0.6) is 0 Å². The Morgan fingerprint density at radius 3 is 2.52 bits per heavy atom. The number of aromatic nitrogens is 3. The van der Waals surface area contributed by atoms with Gasteiger partial charge in [-0.3, -0.25) is 4.40 Å². The number of hydrogen-bond donors (Lipinski definition) is 3. The van der Waals surface area contributed by atoms with E-state index in [1.165, 1.54) is 0 Å². The summed E-state index contributed by atoms with van der Waals surface area (Å²) in [4.78, 5) is 20.9. The van der Waals surface area contributed by atoms with Gasteiger partial charge in [0, 0.05) is 47.3 Å². The maximum Gasteiger partial charge on any atom is 0.319 e. The smallest absolute Gasteiger partial charge is 0.319 e. The van der Waals surface area contributed by atoms with Gasteiger partial charge in [-0.15, -0.1) is 0 Å². The van der Waals surface area contributed by atoms with Gasteiger partial charge in [-0.2, -0.15) is 0 Å². The Kier molecular flexibility index (Phi) is 6.25. The molecule has 9 heteroatoms. The molecular weight excluding hydrogens is 435 g/mol. The minimum Gasteiger partial charge on any atom is -0.370 e. The number of urea groups is 1. The lowest BCUT2D eigenvalue weighted by Gasteiger charge is -2.10. The molecule has 0 aliphatic heterocycles. The van der Waals surface area contributed by atoms with Crippen LogP contribution in [0.1, 0.15) is 5.56 Å². The summed E-state index contributed by atoms with van der Waals surface area (Å²) in [7, 11) is 1.81. The summed E-state index contributed by atoms with van der Waals surface area (Å²) < 4.78 is 1.97. The van der Waals surface area contributed by atoms with Crippen LogP contribution in [0.15, 0.2) is 61.1 Å². The Balaban J connectivity index is 1.38. The summed E-state index contributed by atoms with van der Waals surface area (Å²) in [5, 5.41) is 9.87. The van der Waals surface area contributed by atoms with E-state index in [2.05, 4.69) is 25.9 Å². The molecule has 0 saturated heterocycles. The quantitative estimate of drug-likeness (QED) is 0.377. The first-order chi connectivity index (χ1) is 15.1. The second-order valence-corrected chi connectivity index (χ2v) is 7.59. The van der Waals surface area contributed by atoms with Gasteiger partial charge in [0.15, 0.2) is 11.5 Å². The third-order valence-electron chi connectivity index (χ3n) is 4.83. The van der Waals surface area contributed by atoms with Crippen molar-refractivity contribution in [1.82, 2.24) is 19.7 Å². The van der Waals surface area contributed by atoms with Gasteiger partial charge in [0.2, 0.25) is 0 Å². The number of nitrogens with one attached hydrogen (secondary N) is 3. The van der Waals surface area contributed by atoms with Crippen molar-refractivity contribution in [3.63, 3.8) is 0 Å². The normalized spacial score (nSPS) is 10.8. The van der Waals surface area contributed by atoms with E-state index in [-0.39, 0.29) is 6.03 Å². The summed E-state index contributed by atoms with van der Waals surface area (Å²) >= 11 is 12.3. The van der Waals surface area contributed by atoms with Crippen molar-refractivity contribution in [3.8, 4) is 11.3 Å². The predicted molar refractivity (Wildman–Crippen MR) is 125 cm³/mol. The molecule has 0 fully saturated rings. The van der Waals surface area contributed by atoms with Crippen LogP contribution in [0, 0.1) is 0 Å². The number of amides is 2. The molecule has 158 valence electrons. The Morgan fingerprint density at radius 1 is 1.06 bits per heavy atom. The van der Waals surface area contributed by atoms with Crippen LogP contribution >= 0.6 is 23.2 Å². The molecule has 0 aliphatic carbocycles. The zero-order chi connectivity index (χ0) is 21.8. The lowest BCUT2D eigenvalue weighted by molar-refractivity contribution is 0.252. The SMILES string of the molecule is CNc1nccn2c(-c3ccc(NC(=O)NCCc4c(Cl)cccc4Cl)cc3)cnc12. The molecule has 4 rings (SSSR count). The Bertz CT molecular complexity index is 1200. The lowest BCUT2D eigenvalue weighted by atomic mass is 10.1. The number of anilines is 2. The molecule has 2 aromatic carbocycles. The van der Waals surface area contributed by atoms with Crippen LogP contribution in [-0.4, -0.2) is 34.0 Å². The summed E-state index contributed by atoms with van der Waals surface area (Å²) in [5.41, 5.74) is 4.16. The zero-order valence-corrected chi connectivity index (χ0v) is 18.2. The van der Waals surface area contributed by atoms with E-state index in [1.54, 1.807) is 30.6 Å². The van der Waals surface area contributed by atoms with Gasteiger partial charge in [0.25, 0.3) is 0 Å². The average Bonchev–Trinajstić information content (AvgIpc) is 3.20. The number of imidazole rings is 1. The van der Waals surface area contributed by atoms with E-state index < -0.39 is 0 Å². The van der Waals surface area contributed by atoms with Crippen LogP contribution in [0.3, 0.4) is 0 Å². The molecule has 3 N–H and O–H groups in total. The Hall–Kier alpha value is -3.29. The molecule has 0 aliphatic rings. The van der Waals surface area contributed by atoms with Crippen molar-refractivity contribution < 1.29 is 4.79 Å². The standard InChI is InChI=1S/C22H20Cl2N6O/c1-25-20-21-28-13-19(30(21)12-11-26-20)14-5-7-15(8-6-14)29-22(31)27-10-9-16-17(23)3-2-4-18(16)24/h2-8,11-13H,9-10H2,1H3,(H,25,26)(H2,27,29,31). The monoisotopic (exact) mass is 454 g/mol. The number of nitrogens with zero attached hydrogens (tertiary/aromatic N) is 3. The molecule has 31 heavy (non-hydrogen) atoms. The first-order valence-corrected chi connectivity index (χ1v) is 10.4. The number of carbonyl (C=O) groups excluding carboxylic acids is 1. The van der Waals surface area contributed by atoms with Crippen LogP contribution in [-0.2, 0) is 6.42 Å². The molecule has 0 atom stereocenters. The maximum absolute atomic E-state index is 12.2. The summed E-state index contributed by atoms with van der Waals surface area (Å²) in [6.45, 7) is 0.414. The fraction of sp³-hybridized carbons (Fsp3) is 0.136. The highest BCUT2D eigenvalue weighted by atomic mass is 35.5. The molecule has 0 saturated carbocycles. The van der Waals surface area contributed by atoms with E-state index in [9.17, 15) is 4.79 Å². The molecule has 0 unspecified atom stereocenters. The van der Waals surface area contributed by atoms with E-state index in [0.29, 0.717) is 34.5 Å².